The van der Waals surface area contributed by atoms with Gasteiger partial charge in [-0.1, -0.05) is 6.07 Å². The second-order valence-electron chi connectivity index (χ2n) is 4.93. The van der Waals surface area contributed by atoms with Crippen LogP contribution in [0.1, 0.15) is 6.42 Å². The van der Waals surface area contributed by atoms with Crippen LogP contribution in [-0.2, 0) is 4.79 Å². The van der Waals surface area contributed by atoms with E-state index >= 15 is 0 Å². The zero-order chi connectivity index (χ0) is 13.6. The van der Waals surface area contributed by atoms with Gasteiger partial charge in [-0.05, 0) is 35.1 Å². The van der Waals surface area contributed by atoms with Crippen molar-refractivity contribution < 1.29 is 9.53 Å². The molecule has 1 N–H and O–H groups in total. The molecule has 2 aliphatic rings. The van der Waals surface area contributed by atoms with Crippen molar-refractivity contribution in [2.24, 2.45) is 0 Å². The summed E-state index contributed by atoms with van der Waals surface area (Å²) < 4.78 is 6.77. The van der Waals surface area contributed by atoms with Crippen LogP contribution in [0.2, 0.25) is 0 Å². The number of rotatable bonds is 0. The maximum absolute atomic E-state index is 12.3. The number of fused-ring (bicyclic) bond motifs is 1. The third-order valence-electron chi connectivity index (χ3n) is 3.64. The number of carbonyl (C=O) groups excluding carboxylic acids is 1. The van der Waals surface area contributed by atoms with Crippen LogP contribution in [-0.4, -0.2) is 36.0 Å². The molecule has 1 amide bonds. The Bertz CT molecular complexity index is 598. The fourth-order valence-corrected chi connectivity index (χ4v) is 3.06. The van der Waals surface area contributed by atoms with Crippen LogP contribution >= 0.6 is 15.9 Å². The van der Waals surface area contributed by atoms with Gasteiger partial charge in [-0.2, -0.15) is 5.26 Å². The minimum absolute atomic E-state index is 0.178. The van der Waals surface area contributed by atoms with Gasteiger partial charge >= 0.3 is 0 Å². The molecule has 1 spiro atoms. The standard InChI is InChI=1S/C13H12BrN3O2/c1-17-7-13(5-8(17)6-15)12(18)16-10-4-2-3-9(14)11(10)19-13/h2-4,8H,5,7H2,1H3,(H,16,18)/t8-,13+/m0/s1. The zero-order valence-corrected chi connectivity index (χ0v) is 11.9. The van der Waals surface area contributed by atoms with Crippen molar-refractivity contribution in [2.75, 3.05) is 18.9 Å². The van der Waals surface area contributed by atoms with Crippen molar-refractivity contribution in [3.63, 3.8) is 0 Å². The van der Waals surface area contributed by atoms with Gasteiger partial charge in [0.1, 0.15) is 6.04 Å². The van der Waals surface area contributed by atoms with Crippen molar-refractivity contribution >= 4 is 27.5 Å². The first-order valence-corrected chi connectivity index (χ1v) is 6.74. The van der Waals surface area contributed by atoms with E-state index in [1.165, 1.54) is 0 Å². The molecule has 1 aromatic rings. The highest BCUT2D eigenvalue weighted by molar-refractivity contribution is 9.10. The quantitative estimate of drug-likeness (QED) is 0.790. The van der Waals surface area contributed by atoms with E-state index in [9.17, 15) is 4.79 Å². The molecular formula is C13H12BrN3O2. The molecule has 2 aliphatic heterocycles. The Labute approximate surface area is 119 Å². The van der Waals surface area contributed by atoms with E-state index in [4.69, 9.17) is 10.00 Å². The van der Waals surface area contributed by atoms with E-state index in [0.717, 1.165) is 4.47 Å². The monoisotopic (exact) mass is 321 g/mol. The van der Waals surface area contributed by atoms with Gasteiger partial charge in [0.25, 0.3) is 5.91 Å². The van der Waals surface area contributed by atoms with Crippen LogP contribution in [0.4, 0.5) is 5.69 Å². The fourth-order valence-electron chi connectivity index (χ4n) is 2.62. The lowest BCUT2D eigenvalue weighted by Gasteiger charge is -2.34. The van der Waals surface area contributed by atoms with Crippen LogP contribution in [0.15, 0.2) is 22.7 Å². The third-order valence-corrected chi connectivity index (χ3v) is 4.26. The van der Waals surface area contributed by atoms with Crippen LogP contribution in [0.25, 0.3) is 0 Å². The average Bonchev–Trinajstić information content (AvgIpc) is 2.70. The number of likely N-dealkylation sites (N-methyl/N-ethyl adjacent to an activating group) is 1. The highest BCUT2D eigenvalue weighted by atomic mass is 79.9. The number of likely N-dealkylation sites (tertiary alicyclic amines) is 1. The first-order chi connectivity index (χ1) is 9.05. The molecule has 0 saturated carbocycles. The Morgan fingerprint density at radius 2 is 2.42 bits per heavy atom. The van der Waals surface area contributed by atoms with Crippen molar-refractivity contribution in [3.8, 4) is 11.8 Å². The summed E-state index contributed by atoms with van der Waals surface area (Å²) in [6.45, 7) is 0.415. The lowest BCUT2D eigenvalue weighted by molar-refractivity contribution is -0.131. The molecule has 3 rings (SSSR count). The zero-order valence-electron chi connectivity index (χ0n) is 10.3. The maximum atomic E-state index is 12.3. The minimum Gasteiger partial charge on any atom is -0.473 e. The lowest BCUT2D eigenvalue weighted by Crippen LogP contribution is -2.52. The van der Waals surface area contributed by atoms with Crippen LogP contribution in [0.5, 0.6) is 5.75 Å². The fraction of sp³-hybridized carbons (Fsp3) is 0.385. The van der Waals surface area contributed by atoms with E-state index < -0.39 is 5.60 Å². The topological polar surface area (TPSA) is 65.4 Å². The Hall–Kier alpha value is -1.58. The van der Waals surface area contributed by atoms with Crippen LogP contribution < -0.4 is 10.1 Å². The van der Waals surface area contributed by atoms with Crippen molar-refractivity contribution in [1.29, 1.82) is 5.26 Å². The first kappa shape index (κ1) is 12.5. The molecule has 0 bridgehead atoms. The summed E-state index contributed by atoms with van der Waals surface area (Å²) in [7, 11) is 1.83. The summed E-state index contributed by atoms with van der Waals surface area (Å²) in [4.78, 5) is 14.2. The van der Waals surface area contributed by atoms with E-state index in [-0.39, 0.29) is 11.9 Å². The van der Waals surface area contributed by atoms with E-state index in [0.29, 0.717) is 24.4 Å². The van der Waals surface area contributed by atoms with E-state index in [1.807, 2.05) is 24.1 Å². The normalized spacial score (nSPS) is 29.5. The Balaban J connectivity index is 2.01. The van der Waals surface area contributed by atoms with E-state index in [2.05, 4.69) is 27.3 Å². The second-order valence-corrected chi connectivity index (χ2v) is 5.79. The average molecular weight is 322 g/mol. The predicted molar refractivity (Wildman–Crippen MR) is 72.8 cm³/mol. The summed E-state index contributed by atoms with van der Waals surface area (Å²) in [5.74, 6) is 0.455. The van der Waals surface area contributed by atoms with Crippen molar-refractivity contribution in [1.82, 2.24) is 4.90 Å². The molecule has 5 nitrogen and oxygen atoms in total. The van der Waals surface area contributed by atoms with Gasteiger partial charge in [0, 0.05) is 13.0 Å². The summed E-state index contributed by atoms with van der Waals surface area (Å²) >= 11 is 3.42. The smallest absolute Gasteiger partial charge is 0.270 e. The Morgan fingerprint density at radius 3 is 3.11 bits per heavy atom. The lowest BCUT2D eigenvalue weighted by atomic mass is 9.97. The number of anilines is 1. The van der Waals surface area contributed by atoms with Gasteiger partial charge in [-0.15, -0.1) is 0 Å². The molecule has 2 heterocycles. The summed E-state index contributed by atoms with van der Waals surface area (Å²) in [6.07, 6.45) is 0.382. The van der Waals surface area contributed by atoms with Gasteiger partial charge in [0.05, 0.1) is 16.2 Å². The largest absolute Gasteiger partial charge is 0.473 e. The maximum Gasteiger partial charge on any atom is 0.270 e. The molecule has 98 valence electrons. The second kappa shape index (κ2) is 4.22. The predicted octanol–water partition coefficient (Wildman–Crippen LogP) is 1.75. The minimum atomic E-state index is -0.966. The van der Waals surface area contributed by atoms with Gasteiger partial charge in [0.15, 0.2) is 5.75 Å². The number of amides is 1. The molecule has 1 fully saturated rings. The molecule has 1 aromatic carbocycles. The highest BCUT2D eigenvalue weighted by Gasteiger charge is 2.53. The number of para-hydroxylation sites is 1. The molecule has 6 heteroatoms. The molecule has 19 heavy (non-hydrogen) atoms. The Kier molecular flexibility index (Phi) is 2.77. The molecule has 1 saturated heterocycles. The molecule has 0 unspecified atom stereocenters. The number of nitrogens with zero attached hydrogens (tertiary/aromatic N) is 2. The molecule has 0 aromatic heterocycles. The van der Waals surface area contributed by atoms with Gasteiger partial charge < -0.3 is 10.1 Å². The van der Waals surface area contributed by atoms with Crippen LogP contribution in [0, 0.1) is 11.3 Å². The molecule has 2 atom stereocenters. The number of halogens is 1. The molecular weight excluding hydrogens is 310 g/mol. The molecule has 0 radical (unpaired) electrons. The summed E-state index contributed by atoms with van der Waals surface area (Å²) in [6, 6.07) is 7.40. The van der Waals surface area contributed by atoms with Crippen molar-refractivity contribution in [3.05, 3.63) is 22.7 Å². The number of carbonyl (C=O) groups is 1. The Morgan fingerprint density at radius 1 is 1.63 bits per heavy atom. The van der Waals surface area contributed by atoms with Crippen LogP contribution in [0.3, 0.4) is 0 Å². The summed E-state index contributed by atoms with van der Waals surface area (Å²) in [5.41, 5.74) is -0.306. The third kappa shape index (κ3) is 1.81. The number of benzene rings is 1. The van der Waals surface area contributed by atoms with Gasteiger partial charge in [0.2, 0.25) is 5.60 Å². The number of nitrogens with one attached hydrogen (secondary N) is 1. The van der Waals surface area contributed by atoms with Gasteiger partial charge in [-0.3, -0.25) is 9.69 Å². The highest BCUT2D eigenvalue weighted by Crippen LogP contribution is 2.43. The number of hydrogen-bond acceptors (Lipinski definition) is 4. The molecule has 0 aliphatic carbocycles. The van der Waals surface area contributed by atoms with E-state index in [1.54, 1.807) is 6.07 Å². The van der Waals surface area contributed by atoms with Gasteiger partial charge in [-0.25, -0.2) is 0 Å². The first-order valence-electron chi connectivity index (χ1n) is 5.94. The SMILES string of the molecule is CN1C[C@@]2(C[C@H]1C#N)Oc1c(Br)cccc1NC2=O. The number of hydrogen-bond donors (Lipinski definition) is 1. The van der Waals surface area contributed by atoms with Crippen molar-refractivity contribution in [2.45, 2.75) is 18.1 Å². The number of ether oxygens (including phenoxy) is 1. The summed E-state index contributed by atoms with van der Waals surface area (Å²) in [5, 5.41) is 12.0. The number of nitriles is 1.